The topological polar surface area (TPSA) is 46.5 Å². The number of piperidine rings is 3. The molecule has 0 amide bonds. The Balaban J connectivity index is 1.56. The summed E-state index contributed by atoms with van der Waals surface area (Å²) in [7, 11) is 2.26. The van der Waals surface area contributed by atoms with Gasteiger partial charge in [0.15, 0.2) is 11.7 Å². The Morgan fingerprint density at radius 3 is 2.58 bits per heavy atom. The zero-order valence-corrected chi connectivity index (χ0v) is 15.3. The molecule has 0 spiro atoms. The van der Waals surface area contributed by atoms with Crippen LogP contribution >= 0.6 is 11.3 Å². The van der Waals surface area contributed by atoms with E-state index >= 15 is 0 Å². The van der Waals surface area contributed by atoms with Gasteiger partial charge >= 0.3 is 5.97 Å². The molecular weight excluding hydrogens is 322 g/mol. The van der Waals surface area contributed by atoms with Crippen molar-refractivity contribution in [2.24, 2.45) is 11.8 Å². The van der Waals surface area contributed by atoms with Crippen molar-refractivity contribution in [3.05, 3.63) is 22.4 Å². The van der Waals surface area contributed by atoms with Crippen LogP contribution in [-0.2, 0) is 15.1 Å². The van der Waals surface area contributed by atoms with Crippen LogP contribution in [0.3, 0.4) is 0 Å². The maximum absolute atomic E-state index is 13.1. The zero-order chi connectivity index (χ0) is 16.8. The first-order valence-corrected chi connectivity index (χ1v) is 10.2. The summed E-state index contributed by atoms with van der Waals surface area (Å²) in [5.74, 6) is 0.0711. The summed E-state index contributed by atoms with van der Waals surface area (Å²) in [4.78, 5) is 13.9. The Bertz CT molecular complexity index is 588. The van der Waals surface area contributed by atoms with E-state index in [2.05, 4.69) is 7.05 Å². The monoisotopic (exact) mass is 350 g/mol. The highest BCUT2D eigenvalue weighted by molar-refractivity contribution is 7.10. The lowest BCUT2D eigenvalue weighted by Crippen LogP contribution is -2.63. The van der Waals surface area contributed by atoms with Gasteiger partial charge in [0.05, 0.1) is 20.1 Å². The summed E-state index contributed by atoms with van der Waals surface area (Å²) in [5, 5.41) is 13.4. The van der Waals surface area contributed by atoms with E-state index in [1.165, 1.54) is 24.4 Å². The Kier molecular flexibility index (Phi) is 4.22. The first kappa shape index (κ1) is 16.6. The van der Waals surface area contributed by atoms with E-state index in [-0.39, 0.29) is 12.0 Å². The van der Waals surface area contributed by atoms with Gasteiger partial charge in [-0.05, 0) is 24.3 Å². The molecule has 0 radical (unpaired) electrons. The number of aliphatic hydroxyl groups is 1. The highest BCUT2D eigenvalue weighted by atomic mass is 32.1. The smallest absolute Gasteiger partial charge is 0.344 e. The number of esters is 1. The maximum atomic E-state index is 13.1. The lowest BCUT2D eigenvalue weighted by Gasteiger charge is -2.50. The van der Waals surface area contributed by atoms with Gasteiger partial charge in [-0.3, -0.25) is 0 Å². The molecule has 1 aromatic heterocycles. The predicted molar refractivity (Wildman–Crippen MR) is 93.6 cm³/mol. The van der Waals surface area contributed by atoms with Crippen molar-refractivity contribution in [2.75, 3.05) is 26.7 Å². The number of hydrogen-bond donors (Lipinski definition) is 1. The van der Waals surface area contributed by atoms with Gasteiger partial charge in [0.25, 0.3) is 0 Å². The molecule has 2 bridgehead atoms. The van der Waals surface area contributed by atoms with Crippen molar-refractivity contribution in [3.63, 3.8) is 0 Å². The second-order valence-corrected chi connectivity index (χ2v) is 9.20. The highest BCUT2D eigenvalue weighted by Gasteiger charge is 2.52. The summed E-state index contributed by atoms with van der Waals surface area (Å²) >= 11 is 1.47. The summed E-state index contributed by atoms with van der Waals surface area (Å²) in [5.41, 5.74) is -1.45. The van der Waals surface area contributed by atoms with Crippen LogP contribution in [-0.4, -0.2) is 48.3 Å². The molecule has 1 saturated carbocycles. The minimum atomic E-state index is -1.45. The second kappa shape index (κ2) is 6.11. The van der Waals surface area contributed by atoms with Crippen LogP contribution in [0.4, 0.5) is 0 Å². The lowest BCUT2D eigenvalue weighted by atomic mass is 9.82. The number of hydrogen-bond acceptors (Lipinski definition) is 4. The molecule has 1 aromatic rings. The third-order valence-corrected chi connectivity index (χ3v) is 7.63. The summed E-state index contributed by atoms with van der Waals surface area (Å²) < 4.78 is 7.00. The third kappa shape index (κ3) is 2.71. The van der Waals surface area contributed by atoms with Crippen molar-refractivity contribution >= 4 is 17.3 Å². The normalized spacial score (nSPS) is 35.8. The van der Waals surface area contributed by atoms with E-state index in [1.807, 2.05) is 17.5 Å². The molecule has 0 aromatic carbocycles. The van der Waals surface area contributed by atoms with E-state index in [9.17, 15) is 9.90 Å². The predicted octanol–water partition coefficient (Wildman–Crippen LogP) is 2.91. The molecule has 2 atom stereocenters. The molecule has 3 aliphatic heterocycles. The number of carbonyl (C=O) groups excluding carboxylic acids is 1. The summed E-state index contributed by atoms with van der Waals surface area (Å²) in [6, 6.07) is 3.79. The van der Waals surface area contributed by atoms with Gasteiger partial charge < -0.3 is 14.3 Å². The van der Waals surface area contributed by atoms with Crippen LogP contribution in [0.5, 0.6) is 0 Å². The SMILES string of the molecule is C[N+]12CCC(CC1)[C@H](OC(=O)C(O)(c1cccs1)C1CCCC1)C2. The highest BCUT2D eigenvalue weighted by Crippen LogP contribution is 2.44. The van der Waals surface area contributed by atoms with Crippen LogP contribution in [0.2, 0.25) is 0 Å². The standard InChI is InChI=1S/C19H28NO3S/c1-20-10-8-14(9-11-20)16(13-20)23-18(21)19(22,15-5-2-3-6-15)17-7-4-12-24-17/h4,7,12,14-16,22H,2-3,5-6,8-11,13H2,1H3/q+1/t14?,16-,19?,20?/m1/s1. The van der Waals surface area contributed by atoms with Crippen LogP contribution < -0.4 is 0 Å². The van der Waals surface area contributed by atoms with Gasteiger partial charge in [-0.25, -0.2) is 4.79 Å². The van der Waals surface area contributed by atoms with Gasteiger partial charge in [0.2, 0.25) is 0 Å². The van der Waals surface area contributed by atoms with E-state index in [0.717, 1.165) is 54.4 Å². The Hall–Kier alpha value is -0.910. The quantitative estimate of drug-likeness (QED) is 0.671. The second-order valence-electron chi connectivity index (χ2n) is 8.26. The third-order valence-electron chi connectivity index (χ3n) is 6.64. The van der Waals surface area contributed by atoms with E-state index < -0.39 is 11.6 Å². The van der Waals surface area contributed by atoms with Crippen molar-refractivity contribution < 1.29 is 19.1 Å². The van der Waals surface area contributed by atoms with Crippen LogP contribution in [0.25, 0.3) is 0 Å². The van der Waals surface area contributed by atoms with Crippen LogP contribution in [0.15, 0.2) is 17.5 Å². The van der Waals surface area contributed by atoms with E-state index in [0.29, 0.717) is 5.92 Å². The molecular formula is C19H28NO3S+. The number of quaternary nitrogens is 1. The minimum absolute atomic E-state index is 0.00509. The number of carbonyl (C=O) groups is 1. The molecule has 5 heteroatoms. The van der Waals surface area contributed by atoms with Gasteiger partial charge in [0, 0.05) is 29.6 Å². The Morgan fingerprint density at radius 2 is 2.00 bits per heavy atom. The molecule has 1 N–H and O–H groups in total. The lowest BCUT2D eigenvalue weighted by molar-refractivity contribution is -0.928. The number of likely N-dealkylation sites (N-methyl/N-ethyl adjacent to an activating group) is 1. The molecule has 4 fully saturated rings. The first-order chi connectivity index (χ1) is 11.5. The van der Waals surface area contributed by atoms with E-state index in [4.69, 9.17) is 4.74 Å². The fraction of sp³-hybridized carbons (Fsp3) is 0.737. The van der Waals surface area contributed by atoms with Gasteiger partial charge in [-0.15, -0.1) is 11.3 Å². The molecule has 132 valence electrons. The maximum Gasteiger partial charge on any atom is 0.344 e. The van der Waals surface area contributed by atoms with Gasteiger partial charge in [0.1, 0.15) is 6.54 Å². The fourth-order valence-corrected chi connectivity index (χ4v) is 5.91. The minimum Gasteiger partial charge on any atom is -0.454 e. The largest absolute Gasteiger partial charge is 0.454 e. The molecule has 4 nitrogen and oxygen atoms in total. The number of rotatable bonds is 4. The van der Waals surface area contributed by atoms with Crippen LogP contribution in [0, 0.1) is 11.8 Å². The number of ether oxygens (including phenoxy) is 1. The fourth-order valence-electron chi connectivity index (χ4n) is 5.02. The molecule has 4 aliphatic rings. The van der Waals surface area contributed by atoms with Crippen molar-refractivity contribution in [3.8, 4) is 0 Å². The molecule has 1 unspecified atom stereocenters. The number of thiophene rings is 1. The average Bonchev–Trinajstić information content (AvgIpc) is 3.28. The molecule has 5 rings (SSSR count). The number of fused-ring (bicyclic) bond motifs is 3. The summed E-state index contributed by atoms with van der Waals surface area (Å²) in [6.07, 6.45) is 6.23. The van der Waals surface area contributed by atoms with E-state index in [1.54, 1.807) is 0 Å². The molecule has 24 heavy (non-hydrogen) atoms. The molecule has 3 saturated heterocycles. The van der Waals surface area contributed by atoms with Gasteiger partial charge in [-0.1, -0.05) is 18.9 Å². The van der Waals surface area contributed by atoms with Crippen molar-refractivity contribution in [1.82, 2.24) is 0 Å². The summed E-state index contributed by atoms with van der Waals surface area (Å²) in [6.45, 7) is 3.29. The average molecular weight is 351 g/mol. The van der Waals surface area contributed by atoms with Crippen molar-refractivity contribution in [2.45, 2.75) is 50.2 Å². The number of nitrogens with zero attached hydrogens (tertiary/aromatic N) is 1. The first-order valence-electron chi connectivity index (χ1n) is 9.32. The Morgan fingerprint density at radius 1 is 1.29 bits per heavy atom. The van der Waals surface area contributed by atoms with Crippen LogP contribution in [0.1, 0.15) is 43.4 Å². The van der Waals surface area contributed by atoms with Gasteiger partial charge in [-0.2, -0.15) is 0 Å². The molecule has 4 heterocycles. The Labute approximate surface area is 148 Å². The van der Waals surface area contributed by atoms with Crippen molar-refractivity contribution in [1.29, 1.82) is 0 Å². The molecule has 1 aliphatic carbocycles. The zero-order valence-electron chi connectivity index (χ0n) is 14.4.